The van der Waals surface area contributed by atoms with Crippen LogP contribution in [0.1, 0.15) is 41.6 Å². The fourth-order valence-electron chi connectivity index (χ4n) is 5.57. The predicted molar refractivity (Wildman–Crippen MR) is 140 cm³/mol. The Morgan fingerprint density at radius 2 is 1.86 bits per heavy atom. The van der Waals surface area contributed by atoms with Crippen molar-refractivity contribution in [2.75, 3.05) is 36.4 Å². The molecule has 7 rings (SSSR count). The van der Waals surface area contributed by atoms with E-state index in [0.29, 0.717) is 17.6 Å². The van der Waals surface area contributed by atoms with E-state index in [9.17, 15) is 5.11 Å². The van der Waals surface area contributed by atoms with Crippen LogP contribution in [0.4, 0.5) is 11.6 Å². The monoisotopic (exact) mass is 479 g/mol. The van der Waals surface area contributed by atoms with Gasteiger partial charge in [0.2, 0.25) is 0 Å². The van der Waals surface area contributed by atoms with Crippen molar-refractivity contribution in [3.63, 3.8) is 0 Å². The van der Waals surface area contributed by atoms with Crippen molar-refractivity contribution in [2.24, 2.45) is 0 Å². The number of aromatic nitrogens is 4. The van der Waals surface area contributed by atoms with Gasteiger partial charge < -0.3 is 20.6 Å². The Hall–Kier alpha value is -3.62. The molecular weight excluding hydrogens is 450 g/mol. The Morgan fingerprint density at radius 1 is 1.00 bits per heavy atom. The molecule has 1 aliphatic heterocycles. The number of nitrogens with zero attached hydrogens (tertiary/aromatic N) is 5. The minimum atomic E-state index is -0.560. The summed E-state index contributed by atoms with van der Waals surface area (Å²) >= 11 is 0. The zero-order chi connectivity index (χ0) is 24.1. The fraction of sp³-hybridized carbons (Fsp3) is 0.357. The molecule has 0 radical (unpaired) electrons. The predicted octanol–water partition coefficient (Wildman–Crippen LogP) is 3.44. The van der Waals surface area contributed by atoms with Crippen molar-refractivity contribution < 1.29 is 5.11 Å². The molecule has 0 spiro atoms. The quantitative estimate of drug-likeness (QED) is 0.400. The molecule has 2 fully saturated rings. The molecule has 4 aromatic rings. The second kappa shape index (κ2) is 8.80. The van der Waals surface area contributed by atoms with Crippen molar-refractivity contribution >= 4 is 22.5 Å². The normalized spacial score (nSPS) is 21.5. The van der Waals surface area contributed by atoms with Crippen LogP contribution in [0.25, 0.3) is 22.3 Å². The van der Waals surface area contributed by atoms with Gasteiger partial charge in [-0.15, -0.1) is 0 Å². The van der Waals surface area contributed by atoms with Crippen LogP contribution in [0.2, 0.25) is 0 Å². The minimum Gasteiger partial charge on any atom is -0.386 e. The van der Waals surface area contributed by atoms with Gasteiger partial charge in [-0.3, -0.25) is 4.98 Å². The van der Waals surface area contributed by atoms with Crippen LogP contribution >= 0.6 is 0 Å². The number of aliphatic hydroxyl groups is 1. The van der Waals surface area contributed by atoms with Gasteiger partial charge in [-0.25, -0.2) is 15.0 Å². The largest absolute Gasteiger partial charge is 0.386 e. The van der Waals surface area contributed by atoms with Crippen molar-refractivity contribution in [1.82, 2.24) is 25.3 Å². The number of pyridine rings is 2. The number of fused-ring (bicyclic) bond motifs is 2. The number of nitrogens with one attached hydrogen (secondary N) is 2. The molecule has 2 atom stereocenters. The summed E-state index contributed by atoms with van der Waals surface area (Å²) < 4.78 is 0. The standard InChI is InChI=1S/C28H29N7O/c36-26-20-4-2-1-3-18(20)13-22(26)32-24-14-19(7-8-31-24)27-33-23-16-30-15-21(17-5-6-17)25(23)28(34-27)35-11-9-29-10-12-35/h1-4,7-8,14-17,22,26,29,36H,5-6,9-13H2,(H,31,32)/t22-,26-/m0/s1. The SMILES string of the molecule is O[C@H]1c2ccccc2C[C@@H]1Nc1cc(-c2nc(N3CCNCC3)c3c(C4CC4)cncc3n2)ccn1. The first kappa shape index (κ1) is 21.6. The maximum atomic E-state index is 10.8. The summed E-state index contributed by atoms with van der Waals surface area (Å²) in [7, 11) is 0. The lowest BCUT2D eigenvalue weighted by molar-refractivity contribution is 0.167. The molecule has 3 N–H and O–H groups in total. The van der Waals surface area contributed by atoms with Crippen LogP contribution in [0, 0.1) is 0 Å². The Kier molecular flexibility index (Phi) is 5.29. The number of rotatable bonds is 5. The van der Waals surface area contributed by atoms with Gasteiger partial charge >= 0.3 is 0 Å². The van der Waals surface area contributed by atoms with Crippen molar-refractivity contribution in [2.45, 2.75) is 37.3 Å². The summed E-state index contributed by atoms with van der Waals surface area (Å²) in [6.07, 6.45) is 8.27. The van der Waals surface area contributed by atoms with Gasteiger partial charge in [0.15, 0.2) is 5.82 Å². The zero-order valence-electron chi connectivity index (χ0n) is 20.1. The molecule has 36 heavy (non-hydrogen) atoms. The van der Waals surface area contributed by atoms with E-state index in [1.54, 1.807) is 6.20 Å². The third-order valence-electron chi connectivity index (χ3n) is 7.60. The molecule has 0 unspecified atom stereocenters. The van der Waals surface area contributed by atoms with E-state index in [0.717, 1.165) is 60.4 Å². The number of hydrogen-bond donors (Lipinski definition) is 3. The van der Waals surface area contributed by atoms with Crippen molar-refractivity contribution in [3.05, 3.63) is 71.7 Å². The maximum Gasteiger partial charge on any atom is 0.162 e. The molecule has 1 saturated heterocycles. The minimum absolute atomic E-state index is 0.121. The second-order valence-electron chi connectivity index (χ2n) is 10.0. The van der Waals surface area contributed by atoms with Crippen LogP contribution in [-0.4, -0.2) is 57.3 Å². The topological polar surface area (TPSA) is 99.1 Å². The molecule has 1 aromatic carbocycles. The fourth-order valence-corrected chi connectivity index (χ4v) is 5.57. The Balaban J connectivity index is 1.25. The second-order valence-corrected chi connectivity index (χ2v) is 10.0. The van der Waals surface area contributed by atoms with Crippen molar-refractivity contribution in [3.8, 4) is 11.4 Å². The average Bonchev–Trinajstić information content (AvgIpc) is 3.73. The van der Waals surface area contributed by atoms with Gasteiger partial charge in [-0.05, 0) is 54.0 Å². The van der Waals surface area contributed by atoms with E-state index in [-0.39, 0.29) is 6.04 Å². The molecule has 1 saturated carbocycles. The Morgan fingerprint density at radius 3 is 2.69 bits per heavy atom. The smallest absolute Gasteiger partial charge is 0.162 e. The Bertz CT molecular complexity index is 1430. The van der Waals surface area contributed by atoms with Crippen LogP contribution < -0.4 is 15.5 Å². The lowest BCUT2D eigenvalue weighted by Crippen LogP contribution is -2.44. The van der Waals surface area contributed by atoms with Gasteiger partial charge in [0, 0.05) is 49.5 Å². The molecular formula is C28H29N7O. The van der Waals surface area contributed by atoms with E-state index in [1.807, 2.05) is 42.7 Å². The number of hydrogen-bond acceptors (Lipinski definition) is 8. The van der Waals surface area contributed by atoms with Gasteiger partial charge in [0.05, 0.1) is 23.9 Å². The van der Waals surface area contributed by atoms with Gasteiger partial charge in [0.1, 0.15) is 11.6 Å². The summed E-state index contributed by atoms with van der Waals surface area (Å²) in [5, 5.41) is 18.9. The van der Waals surface area contributed by atoms with E-state index < -0.39 is 6.10 Å². The molecule has 8 nitrogen and oxygen atoms in total. The molecule has 0 amide bonds. The summed E-state index contributed by atoms with van der Waals surface area (Å²) in [6, 6.07) is 11.9. The molecule has 182 valence electrons. The molecule has 2 aliphatic carbocycles. The summed E-state index contributed by atoms with van der Waals surface area (Å²) in [4.78, 5) is 21.6. The summed E-state index contributed by atoms with van der Waals surface area (Å²) in [6.45, 7) is 3.72. The molecule has 3 aromatic heterocycles. The number of aliphatic hydroxyl groups excluding tert-OH is 1. The first-order valence-corrected chi connectivity index (χ1v) is 12.8. The number of anilines is 2. The average molecular weight is 480 g/mol. The molecule has 4 heterocycles. The van der Waals surface area contributed by atoms with E-state index >= 15 is 0 Å². The third kappa shape index (κ3) is 3.86. The van der Waals surface area contributed by atoms with Crippen LogP contribution in [0.15, 0.2) is 55.0 Å². The number of piperazine rings is 1. The molecule has 0 bridgehead atoms. The lowest BCUT2D eigenvalue weighted by Gasteiger charge is -2.30. The van der Waals surface area contributed by atoms with Gasteiger partial charge in [-0.2, -0.15) is 0 Å². The highest BCUT2D eigenvalue weighted by Crippen LogP contribution is 2.45. The number of benzene rings is 1. The molecule has 3 aliphatic rings. The highest BCUT2D eigenvalue weighted by atomic mass is 16.3. The Labute approximate surface area is 209 Å². The summed E-state index contributed by atoms with van der Waals surface area (Å²) in [5.74, 6) is 2.96. The molecule has 8 heteroatoms. The van der Waals surface area contributed by atoms with E-state index in [4.69, 9.17) is 9.97 Å². The van der Waals surface area contributed by atoms with Gasteiger partial charge in [-0.1, -0.05) is 24.3 Å². The highest BCUT2D eigenvalue weighted by Gasteiger charge is 2.31. The highest BCUT2D eigenvalue weighted by molar-refractivity contribution is 5.94. The first-order chi connectivity index (χ1) is 17.7. The third-order valence-corrected chi connectivity index (χ3v) is 7.60. The van der Waals surface area contributed by atoms with Crippen LogP contribution in [-0.2, 0) is 6.42 Å². The van der Waals surface area contributed by atoms with Crippen LogP contribution in [0.5, 0.6) is 0 Å². The van der Waals surface area contributed by atoms with Crippen molar-refractivity contribution in [1.29, 1.82) is 0 Å². The summed E-state index contributed by atoms with van der Waals surface area (Å²) in [5.41, 5.74) is 5.23. The van der Waals surface area contributed by atoms with Gasteiger partial charge in [0.25, 0.3) is 0 Å². The lowest BCUT2D eigenvalue weighted by atomic mass is 10.1. The zero-order valence-corrected chi connectivity index (χ0v) is 20.1. The van der Waals surface area contributed by atoms with E-state index in [2.05, 4.69) is 31.6 Å². The first-order valence-electron chi connectivity index (χ1n) is 12.8. The maximum absolute atomic E-state index is 10.8. The van der Waals surface area contributed by atoms with E-state index in [1.165, 1.54) is 24.0 Å². The van der Waals surface area contributed by atoms with Crippen LogP contribution in [0.3, 0.4) is 0 Å².